The lowest BCUT2D eigenvalue weighted by molar-refractivity contribution is 0.306. The van der Waals surface area contributed by atoms with Crippen molar-refractivity contribution in [3.8, 4) is 5.75 Å². The zero-order valence-corrected chi connectivity index (χ0v) is 10.3. The standard InChI is InChI=1S/C14H15OP/c16-11-13-6-8-14(9-7-13)15-10-12-4-2-1-3-5-12/h1-9H,10-11,16H2. The van der Waals surface area contributed by atoms with Crippen LogP contribution in [0, 0.1) is 0 Å². The molecule has 2 rings (SSSR count). The molecule has 0 saturated heterocycles. The Hall–Kier alpha value is -1.33. The first-order valence-electron chi connectivity index (χ1n) is 5.34. The second-order valence-corrected chi connectivity index (χ2v) is 4.03. The Kier molecular flexibility index (Phi) is 3.96. The summed E-state index contributed by atoms with van der Waals surface area (Å²) in [4.78, 5) is 0. The molecule has 0 fully saturated rings. The van der Waals surface area contributed by atoms with Gasteiger partial charge in [-0.1, -0.05) is 42.5 Å². The van der Waals surface area contributed by atoms with Crippen LogP contribution in [0.1, 0.15) is 11.1 Å². The molecular weight excluding hydrogens is 215 g/mol. The number of rotatable bonds is 4. The van der Waals surface area contributed by atoms with Crippen LogP contribution < -0.4 is 4.74 Å². The van der Waals surface area contributed by atoms with Crippen molar-refractivity contribution in [1.29, 1.82) is 0 Å². The molecule has 0 aromatic heterocycles. The predicted octanol–water partition coefficient (Wildman–Crippen LogP) is 3.64. The second kappa shape index (κ2) is 5.67. The average molecular weight is 230 g/mol. The molecular formula is C14H15OP. The van der Waals surface area contributed by atoms with Crippen molar-refractivity contribution in [3.63, 3.8) is 0 Å². The molecule has 0 aliphatic heterocycles. The molecule has 0 aliphatic rings. The van der Waals surface area contributed by atoms with Gasteiger partial charge in [0.2, 0.25) is 0 Å². The fraction of sp³-hybridized carbons (Fsp3) is 0.143. The van der Waals surface area contributed by atoms with E-state index in [4.69, 9.17) is 4.74 Å². The summed E-state index contributed by atoms with van der Waals surface area (Å²) in [5.41, 5.74) is 2.50. The van der Waals surface area contributed by atoms with Crippen LogP contribution in [0.3, 0.4) is 0 Å². The van der Waals surface area contributed by atoms with E-state index in [-0.39, 0.29) is 0 Å². The highest BCUT2D eigenvalue weighted by Gasteiger charge is 1.95. The van der Waals surface area contributed by atoms with Crippen LogP contribution in [0.4, 0.5) is 0 Å². The Bertz CT molecular complexity index is 422. The van der Waals surface area contributed by atoms with Crippen molar-refractivity contribution in [2.24, 2.45) is 0 Å². The van der Waals surface area contributed by atoms with Crippen molar-refractivity contribution < 1.29 is 4.74 Å². The Labute approximate surface area is 98.7 Å². The van der Waals surface area contributed by atoms with E-state index in [0.717, 1.165) is 11.9 Å². The fourth-order valence-electron chi connectivity index (χ4n) is 1.46. The second-order valence-electron chi connectivity index (χ2n) is 3.62. The van der Waals surface area contributed by atoms with E-state index in [1.807, 2.05) is 30.3 Å². The Morgan fingerprint density at radius 1 is 0.812 bits per heavy atom. The maximum absolute atomic E-state index is 5.68. The summed E-state index contributed by atoms with van der Waals surface area (Å²) in [5.74, 6) is 0.922. The molecule has 0 aliphatic carbocycles. The third kappa shape index (κ3) is 3.08. The van der Waals surface area contributed by atoms with Crippen molar-refractivity contribution >= 4 is 9.24 Å². The van der Waals surface area contributed by atoms with Crippen molar-refractivity contribution in [1.82, 2.24) is 0 Å². The van der Waals surface area contributed by atoms with Gasteiger partial charge in [-0.25, -0.2) is 0 Å². The van der Waals surface area contributed by atoms with Crippen LogP contribution in [-0.4, -0.2) is 0 Å². The lowest BCUT2D eigenvalue weighted by atomic mass is 10.2. The number of benzene rings is 2. The van der Waals surface area contributed by atoms with Gasteiger partial charge in [-0.15, -0.1) is 9.24 Å². The average Bonchev–Trinajstić information content (AvgIpc) is 2.38. The molecule has 0 spiro atoms. The first-order chi connectivity index (χ1) is 7.88. The third-order valence-electron chi connectivity index (χ3n) is 2.41. The molecule has 0 heterocycles. The van der Waals surface area contributed by atoms with Gasteiger partial charge in [0.05, 0.1) is 0 Å². The molecule has 0 amide bonds. The molecule has 2 aromatic carbocycles. The quantitative estimate of drug-likeness (QED) is 0.728. The van der Waals surface area contributed by atoms with Gasteiger partial charge in [-0.05, 0) is 29.4 Å². The summed E-state index contributed by atoms with van der Waals surface area (Å²) < 4.78 is 5.68. The van der Waals surface area contributed by atoms with E-state index < -0.39 is 0 Å². The minimum atomic E-state index is 0.626. The SMILES string of the molecule is PCc1ccc(OCc2ccccc2)cc1. The van der Waals surface area contributed by atoms with E-state index in [1.54, 1.807) is 0 Å². The Morgan fingerprint density at radius 3 is 2.12 bits per heavy atom. The van der Waals surface area contributed by atoms with Gasteiger partial charge >= 0.3 is 0 Å². The predicted molar refractivity (Wildman–Crippen MR) is 70.6 cm³/mol. The molecule has 1 atom stereocenters. The first-order valence-corrected chi connectivity index (χ1v) is 6.16. The van der Waals surface area contributed by atoms with Gasteiger partial charge < -0.3 is 4.74 Å². The monoisotopic (exact) mass is 230 g/mol. The van der Waals surface area contributed by atoms with Crippen LogP contribution in [-0.2, 0) is 12.8 Å². The highest BCUT2D eigenvalue weighted by molar-refractivity contribution is 7.15. The molecule has 2 aromatic rings. The summed E-state index contributed by atoms with van der Waals surface area (Å²) in [6.45, 7) is 0.626. The summed E-state index contributed by atoms with van der Waals surface area (Å²) in [7, 11) is 2.71. The number of hydrogen-bond acceptors (Lipinski definition) is 1. The lowest BCUT2D eigenvalue weighted by Gasteiger charge is -2.06. The van der Waals surface area contributed by atoms with Gasteiger partial charge in [-0.3, -0.25) is 0 Å². The van der Waals surface area contributed by atoms with Gasteiger partial charge in [0, 0.05) is 0 Å². The zero-order chi connectivity index (χ0) is 11.2. The topological polar surface area (TPSA) is 9.23 Å². The van der Waals surface area contributed by atoms with E-state index in [1.165, 1.54) is 11.1 Å². The fourth-order valence-corrected chi connectivity index (χ4v) is 1.73. The molecule has 16 heavy (non-hydrogen) atoms. The first kappa shape index (κ1) is 11.2. The van der Waals surface area contributed by atoms with Crippen LogP contribution in [0.5, 0.6) is 5.75 Å². The Morgan fingerprint density at radius 2 is 1.50 bits per heavy atom. The normalized spacial score (nSPS) is 10.1. The largest absolute Gasteiger partial charge is 0.489 e. The van der Waals surface area contributed by atoms with E-state index in [9.17, 15) is 0 Å². The maximum Gasteiger partial charge on any atom is 0.119 e. The summed E-state index contributed by atoms with van der Waals surface area (Å²) in [6, 6.07) is 18.4. The van der Waals surface area contributed by atoms with Crippen LogP contribution >= 0.6 is 9.24 Å². The molecule has 1 unspecified atom stereocenters. The third-order valence-corrected chi connectivity index (χ3v) is 2.88. The maximum atomic E-state index is 5.68. The van der Waals surface area contributed by atoms with Crippen molar-refractivity contribution in [2.75, 3.05) is 0 Å². The number of hydrogen-bond donors (Lipinski definition) is 0. The Balaban J connectivity index is 1.94. The van der Waals surface area contributed by atoms with Gasteiger partial charge in [0.25, 0.3) is 0 Å². The minimum Gasteiger partial charge on any atom is -0.489 e. The molecule has 0 N–H and O–H groups in total. The molecule has 82 valence electrons. The van der Waals surface area contributed by atoms with Crippen LogP contribution in [0.15, 0.2) is 54.6 Å². The smallest absolute Gasteiger partial charge is 0.119 e. The molecule has 0 bridgehead atoms. The van der Waals surface area contributed by atoms with Gasteiger partial charge in [0.1, 0.15) is 12.4 Å². The molecule has 2 heteroatoms. The van der Waals surface area contributed by atoms with Crippen molar-refractivity contribution in [2.45, 2.75) is 12.8 Å². The van der Waals surface area contributed by atoms with Gasteiger partial charge in [-0.2, -0.15) is 0 Å². The van der Waals surface area contributed by atoms with Crippen LogP contribution in [0.25, 0.3) is 0 Å². The highest BCUT2D eigenvalue weighted by atomic mass is 31.0. The minimum absolute atomic E-state index is 0.626. The summed E-state index contributed by atoms with van der Waals surface area (Å²) in [5, 5.41) is 0. The van der Waals surface area contributed by atoms with E-state index >= 15 is 0 Å². The summed E-state index contributed by atoms with van der Waals surface area (Å²) >= 11 is 0. The lowest BCUT2D eigenvalue weighted by Crippen LogP contribution is -1.94. The van der Waals surface area contributed by atoms with Crippen molar-refractivity contribution in [3.05, 3.63) is 65.7 Å². The molecule has 0 saturated carbocycles. The van der Waals surface area contributed by atoms with E-state index in [0.29, 0.717) is 6.61 Å². The van der Waals surface area contributed by atoms with E-state index in [2.05, 4.69) is 33.5 Å². The molecule has 0 radical (unpaired) electrons. The highest BCUT2D eigenvalue weighted by Crippen LogP contribution is 2.15. The zero-order valence-electron chi connectivity index (χ0n) is 9.10. The van der Waals surface area contributed by atoms with Crippen LogP contribution in [0.2, 0.25) is 0 Å². The van der Waals surface area contributed by atoms with Gasteiger partial charge in [0.15, 0.2) is 0 Å². The number of ether oxygens (including phenoxy) is 1. The summed E-state index contributed by atoms with van der Waals surface area (Å²) in [6.07, 6.45) is 0.985. The molecule has 1 nitrogen and oxygen atoms in total.